The van der Waals surface area contributed by atoms with Crippen molar-refractivity contribution < 1.29 is 37.6 Å². The van der Waals surface area contributed by atoms with Crippen molar-refractivity contribution in [3.8, 4) is 0 Å². The molecule has 0 fully saturated rings. The molecule has 0 aliphatic rings. The summed E-state index contributed by atoms with van der Waals surface area (Å²) in [7, 11) is 1.54. The average molecular weight is 519 g/mol. The van der Waals surface area contributed by atoms with Crippen molar-refractivity contribution in [2.24, 2.45) is 0 Å². The first-order valence-electron chi connectivity index (χ1n) is 12.8. The van der Waals surface area contributed by atoms with Crippen LogP contribution in [0.4, 0.5) is 0 Å². The maximum absolute atomic E-state index is 11.8. The highest BCUT2D eigenvalue weighted by atomic mass is 31.2. The number of carbonyl (C=O) groups excluding carboxylic acids is 1. The Morgan fingerprint density at radius 2 is 1.49 bits per heavy atom. The van der Waals surface area contributed by atoms with Gasteiger partial charge in [-0.2, -0.15) is 0 Å². The quantitative estimate of drug-likeness (QED) is 0.0657. The molecule has 0 saturated carbocycles. The van der Waals surface area contributed by atoms with E-state index in [1.165, 1.54) is 0 Å². The van der Waals surface area contributed by atoms with E-state index in [0.29, 0.717) is 17.4 Å². The van der Waals surface area contributed by atoms with E-state index in [1.807, 2.05) is 21.1 Å². The van der Waals surface area contributed by atoms with Gasteiger partial charge in [0.15, 0.2) is 0 Å². The van der Waals surface area contributed by atoms with Gasteiger partial charge in [0.2, 0.25) is 0 Å². The SMILES string of the molecule is CC/C=C/C/C=C/C/C=C/CCCCCCCC(=O)OC[C@@H](O)COP(=O)(O)OCC[N+](C)(C)C. The molecule has 0 rings (SSSR count). The van der Waals surface area contributed by atoms with E-state index >= 15 is 0 Å². The highest BCUT2D eigenvalue weighted by Crippen LogP contribution is 2.43. The fourth-order valence-corrected chi connectivity index (χ4v) is 3.59. The lowest BCUT2D eigenvalue weighted by Crippen LogP contribution is -2.37. The molecule has 0 aliphatic heterocycles. The molecule has 8 nitrogen and oxygen atoms in total. The summed E-state index contributed by atoms with van der Waals surface area (Å²) in [5, 5.41) is 9.81. The lowest BCUT2D eigenvalue weighted by atomic mass is 10.1. The molecule has 0 radical (unpaired) electrons. The van der Waals surface area contributed by atoms with Gasteiger partial charge >= 0.3 is 13.8 Å². The number of aliphatic hydroxyl groups is 1. The molecule has 0 aromatic carbocycles. The Labute approximate surface area is 212 Å². The molecule has 204 valence electrons. The Bertz CT molecular complexity index is 671. The first-order valence-corrected chi connectivity index (χ1v) is 14.3. The average Bonchev–Trinajstić information content (AvgIpc) is 2.78. The van der Waals surface area contributed by atoms with Gasteiger partial charge in [0.1, 0.15) is 25.9 Å². The van der Waals surface area contributed by atoms with Crippen LogP contribution in [0.25, 0.3) is 0 Å². The zero-order valence-corrected chi connectivity index (χ0v) is 23.2. The molecule has 0 bridgehead atoms. The van der Waals surface area contributed by atoms with Crippen LogP contribution in [-0.2, 0) is 23.1 Å². The standard InChI is InChI=1S/C26H48NO7P/c1-5-6-7-8-9-10-11-12-13-14-15-16-17-18-19-20-26(29)32-23-25(28)24-34-35(30,31)33-22-21-27(2,3)4/h6-7,9-10,12-13,25,28H,5,8,11,14-24H2,1-4H3/p+1/b7-6+,10-9+,13-12+/t25-/m1/s1. The van der Waals surface area contributed by atoms with E-state index in [-0.39, 0.29) is 13.2 Å². The minimum Gasteiger partial charge on any atom is -0.463 e. The Balaban J connectivity index is 3.66. The summed E-state index contributed by atoms with van der Waals surface area (Å²) in [5.41, 5.74) is 0. The van der Waals surface area contributed by atoms with Gasteiger partial charge in [-0.15, -0.1) is 0 Å². The fraction of sp³-hybridized carbons (Fsp3) is 0.731. The van der Waals surface area contributed by atoms with Gasteiger partial charge in [-0.25, -0.2) is 4.57 Å². The highest BCUT2D eigenvalue weighted by Gasteiger charge is 2.24. The molecule has 0 heterocycles. The second kappa shape index (κ2) is 20.9. The van der Waals surface area contributed by atoms with Crippen molar-refractivity contribution in [1.82, 2.24) is 0 Å². The van der Waals surface area contributed by atoms with Crippen molar-refractivity contribution >= 4 is 13.8 Å². The Morgan fingerprint density at radius 1 is 0.886 bits per heavy atom. The fourth-order valence-electron chi connectivity index (χ4n) is 2.85. The van der Waals surface area contributed by atoms with Gasteiger partial charge in [0.25, 0.3) is 0 Å². The third-order valence-corrected chi connectivity index (χ3v) is 5.90. The molecule has 0 spiro atoms. The van der Waals surface area contributed by atoms with Crippen molar-refractivity contribution in [3.05, 3.63) is 36.5 Å². The van der Waals surface area contributed by atoms with Crippen LogP contribution in [0.1, 0.15) is 71.1 Å². The molecule has 0 aromatic rings. The number of ether oxygens (including phenoxy) is 1. The monoisotopic (exact) mass is 518 g/mol. The summed E-state index contributed by atoms with van der Waals surface area (Å²) in [4.78, 5) is 21.4. The topological polar surface area (TPSA) is 102 Å². The molecule has 2 N–H and O–H groups in total. The maximum Gasteiger partial charge on any atom is 0.472 e. The predicted octanol–water partition coefficient (Wildman–Crippen LogP) is 5.32. The van der Waals surface area contributed by atoms with E-state index in [4.69, 9.17) is 13.8 Å². The van der Waals surface area contributed by atoms with Crippen LogP contribution in [0.5, 0.6) is 0 Å². The number of phosphoric acid groups is 1. The molecule has 0 aliphatic carbocycles. The van der Waals surface area contributed by atoms with Crippen molar-refractivity contribution in [3.63, 3.8) is 0 Å². The number of nitrogens with zero attached hydrogens (tertiary/aromatic N) is 1. The van der Waals surface area contributed by atoms with Crippen LogP contribution in [0.3, 0.4) is 0 Å². The lowest BCUT2D eigenvalue weighted by Gasteiger charge is -2.24. The summed E-state index contributed by atoms with van der Waals surface area (Å²) in [6.07, 6.45) is 21.5. The number of unbranched alkanes of at least 4 members (excludes halogenated alkanes) is 5. The maximum atomic E-state index is 11.8. The predicted molar refractivity (Wildman–Crippen MR) is 141 cm³/mol. The summed E-state index contributed by atoms with van der Waals surface area (Å²) < 4.78 is 27.0. The molecular weight excluding hydrogens is 469 g/mol. The number of quaternary nitrogens is 1. The first kappa shape index (κ1) is 33.7. The van der Waals surface area contributed by atoms with E-state index in [2.05, 4.69) is 43.4 Å². The number of esters is 1. The smallest absolute Gasteiger partial charge is 0.463 e. The van der Waals surface area contributed by atoms with Crippen molar-refractivity contribution in [1.29, 1.82) is 0 Å². The summed E-state index contributed by atoms with van der Waals surface area (Å²) in [6, 6.07) is 0. The van der Waals surface area contributed by atoms with E-state index < -0.39 is 26.5 Å². The van der Waals surface area contributed by atoms with E-state index in [1.54, 1.807) is 0 Å². The largest absolute Gasteiger partial charge is 0.472 e. The number of likely N-dealkylation sites (N-methyl/N-ethyl adjacent to an activating group) is 1. The minimum absolute atomic E-state index is 0.0497. The Kier molecular flexibility index (Phi) is 20.1. The van der Waals surface area contributed by atoms with Crippen LogP contribution < -0.4 is 0 Å². The number of allylic oxidation sites excluding steroid dienone is 6. The van der Waals surface area contributed by atoms with Crippen LogP contribution in [0.15, 0.2) is 36.5 Å². The lowest BCUT2D eigenvalue weighted by molar-refractivity contribution is -0.870. The molecule has 0 saturated heterocycles. The molecule has 1 unspecified atom stereocenters. The first-order chi connectivity index (χ1) is 16.6. The Morgan fingerprint density at radius 3 is 2.14 bits per heavy atom. The number of hydrogen-bond acceptors (Lipinski definition) is 6. The second-order valence-corrected chi connectivity index (χ2v) is 11.0. The summed E-state index contributed by atoms with van der Waals surface area (Å²) in [5.74, 6) is -0.392. The van der Waals surface area contributed by atoms with Crippen LogP contribution in [0.2, 0.25) is 0 Å². The number of aliphatic hydroxyl groups excluding tert-OH is 1. The third-order valence-electron chi connectivity index (χ3n) is 4.92. The Hall–Kier alpha value is -1.28. The second-order valence-electron chi connectivity index (χ2n) is 9.55. The molecule has 0 amide bonds. The van der Waals surface area contributed by atoms with E-state index in [9.17, 15) is 19.4 Å². The summed E-state index contributed by atoms with van der Waals surface area (Å²) in [6.45, 7) is 1.98. The van der Waals surface area contributed by atoms with E-state index in [0.717, 1.165) is 57.8 Å². The number of carbonyl (C=O) groups is 1. The summed E-state index contributed by atoms with van der Waals surface area (Å²) >= 11 is 0. The molecular formula is C26H49NO7P+. The van der Waals surface area contributed by atoms with Gasteiger partial charge in [0, 0.05) is 6.42 Å². The number of phosphoric ester groups is 1. The number of rotatable bonds is 22. The van der Waals surface area contributed by atoms with Crippen molar-refractivity contribution in [2.45, 2.75) is 77.2 Å². The van der Waals surface area contributed by atoms with Gasteiger partial charge < -0.3 is 19.2 Å². The molecule has 0 aromatic heterocycles. The van der Waals surface area contributed by atoms with Gasteiger partial charge in [-0.3, -0.25) is 13.8 Å². The van der Waals surface area contributed by atoms with Crippen LogP contribution in [-0.4, -0.2) is 74.1 Å². The van der Waals surface area contributed by atoms with Gasteiger partial charge in [-0.1, -0.05) is 62.6 Å². The van der Waals surface area contributed by atoms with Crippen molar-refractivity contribution in [2.75, 3.05) is 47.5 Å². The minimum atomic E-state index is -4.25. The zero-order valence-electron chi connectivity index (χ0n) is 22.3. The van der Waals surface area contributed by atoms with Crippen LogP contribution >= 0.6 is 7.82 Å². The molecule has 35 heavy (non-hydrogen) atoms. The zero-order chi connectivity index (χ0) is 26.4. The molecule has 9 heteroatoms. The third kappa shape index (κ3) is 25.6. The van der Waals surface area contributed by atoms with Gasteiger partial charge in [-0.05, 0) is 38.5 Å². The number of hydrogen-bond donors (Lipinski definition) is 2. The van der Waals surface area contributed by atoms with Gasteiger partial charge in [0.05, 0.1) is 27.7 Å². The highest BCUT2D eigenvalue weighted by molar-refractivity contribution is 7.47. The normalized spacial score (nSPS) is 15.3. The molecule has 2 atom stereocenters. The van der Waals surface area contributed by atoms with Crippen LogP contribution in [0, 0.1) is 0 Å².